The Morgan fingerprint density at radius 1 is 1.20 bits per heavy atom. The lowest BCUT2D eigenvalue weighted by atomic mass is 10.2. The molecule has 0 aliphatic rings. The summed E-state index contributed by atoms with van der Waals surface area (Å²) in [6.07, 6.45) is 1.15. The molecule has 1 aromatic carbocycles. The summed E-state index contributed by atoms with van der Waals surface area (Å²) in [5.74, 6) is 1.12. The van der Waals surface area contributed by atoms with Gasteiger partial charge in [-0.3, -0.25) is 0 Å². The van der Waals surface area contributed by atoms with Gasteiger partial charge in [-0.05, 0) is 43.8 Å². The zero-order valence-corrected chi connectivity index (χ0v) is 14.5. The minimum Gasteiger partial charge on any atom is -0.313 e. The van der Waals surface area contributed by atoms with E-state index in [0.29, 0.717) is 0 Å². The van der Waals surface area contributed by atoms with E-state index in [-0.39, 0.29) is 0 Å². The van der Waals surface area contributed by atoms with Gasteiger partial charge in [0.2, 0.25) is 0 Å². The number of rotatable bonds is 10. The van der Waals surface area contributed by atoms with E-state index in [9.17, 15) is 0 Å². The second-order valence-electron chi connectivity index (χ2n) is 4.81. The number of nitrogens with zero attached hydrogens (tertiary/aromatic N) is 1. The lowest BCUT2D eigenvalue weighted by molar-refractivity contribution is 0.324. The van der Waals surface area contributed by atoms with Gasteiger partial charge < -0.3 is 10.2 Å². The predicted molar refractivity (Wildman–Crippen MR) is 92.0 cm³/mol. The molecule has 4 heteroatoms. The zero-order chi connectivity index (χ0) is 14.8. The van der Waals surface area contributed by atoms with E-state index < -0.39 is 0 Å². The first-order chi connectivity index (χ1) is 9.71. The third-order valence-electron chi connectivity index (χ3n) is 3.34. The maximum Gasteiger partial charge on any atom is 0.0462 e. The Labute approximate surface area is 133 Å². The van der Waals surface area contributed by atoms with Crippen LogP contribution in [0.15, 0.2) is 23.1 Å². The Hall–Kier alpha value is -0.220. The summed E-state index contributed by atoms with van der Waals surface area (Å²) in [6, 6.07) is 6.42. The zero-order valence-electron chi connectivity index (χ0n) is 12.9. The number of nitrogens with one attached hydrogen (secondary N) is 1. The molecule has 0 aromatic heterocycles. The van der Waals surface area contributed by atoms with Crippen molar-refractivity contribution in [3.05, 3.63) is 28.8 Å². The summed E-state index contributed by atoms with van der Waals surface area (Å²) >= 11 is 8.22. The molecule has 20 heavy (non-hydrogen) atoms. The van der Waals surface area contributed by atoms with Crippen molar-refractivity contribution in [3.63, 3.8) is 0 Å². The Kier molecular flexibility index (Phi) is 9.36. The fraction of sp³-hybridized carbons (Fsp3) is 0.625. The summed E-state index contributed by atoms with van der Waals surface area (Å²) in [5.41, 5.74) is 1.19. The summed E-state index contributed by atoms with van der Waals surface area (Å²) in [7, 11) is 0. The quantitative estimate of drug-likeness (QED) is 0.513. The van der Waals surface area contributed by atoms with Gasteiger partial charge in [-0.2, -0.15) is 0 Å². The van der Waals surface area contributed by atoms with Gasteiger partial charge in [-0.25, -0.2) is 0 Å². The van der Waals surface area contributed by atoms with Gasteiger partial charge in [0.05, 0.1) is 0 Å². The minimum atomic E-state index is 0.858. The first kappa shape index (κ1) is 17.8. The minimum absolute atomic E-state index is 0.858. The molecule has 1 rings (SSSR count). The Bertz CT molecular complexity index is 381. The second-order valence-corrected chi connectivity index (χ2v) is 6.38. The van der Waals surface area contributed by atoms with Crippen LogP contribution in [0, 0.1) is 0 Å². The van der Waals surface area contributed by atoms with E-state index in [0.717, 1.165) is 49.9 Å². The van der Waals surface area contributed by atoms with Gasteiger partial charge >= 0.3 is 0 Å². The number of thioether (sulfide) groups is 1. The largest absolute Gasteiger partial charge is 0.313 e. The maximum absolute atomic E-state index is 6.34. The SMILES string of the molecule is CCCNCc1ccc(SCCN(CC)CC)cc1Cl. The number of hydrogen-bond acceptors (Lipinski definition) is 3. The van der Waals surface area contributed by atoms with Gasteiger partial charge in [-0.15, -0.1) is 11.8 Å². The monoisotopic (exact) mass is 314 g/mol. The lowest BCUT2D eigenvalue weighted by Crippen LogP contribution is -2.25. The molecule has 0 heterocycles. The van der Waals surface area contributed by atoms with Gasteiger partial charge in [-0.1, -0.05) is 38.4 Å². The van der Waals surface area contributed by atoms with Crippen molar-refractivity contribution in [2.45, 2.75) is 38.6 Å². The molecule has 0 aliphatic heterocycles. The summed E-state index contributed by atoms with van der Waals surface area (Å²) < 4.78 is 0. The van der Waals surface area contributed by atoms with E-state index >= 15 is 0 Å². The lowest BCUT2D eigenvalue weighted by Gasteiger charge is -2.17. The molecule has 0 amide bonds. The van der Waals surface area contributed by atoms with Crippen LogP contribution in [-0.2, 0) is 6.54 Å². The molecule has 0 saturated carbocycles. The van der Waals surface area contributed by atoms with Crippen LogP contribution in [0.2, 0.25) is 5.02 Å². The molecular weight excluding hydrogens is 288 g/mol. The molecule has 0 aliphatic carbocycles. The number of benzene rings is 1. The smallest absolute Gasteiger partial charge is 0.0462 e. The van der Waals surface area contributed by atoms with Crippen LogP contribution < -0.4 is 5.32 Å². The standard InChI is InChI=1S/C16H27ClN2S/c1-4-9-18-13-14-7-8-15(12-16(14)17)20-11-10-19(5-2)6-3/h7-8,12,18H,4-6,9-11,13H2,1-3H3. The second kappa shape index (κ2) is 10.5. The van der Waals surface area contributed by atoms with Crippen LogP contribution in [0.25, 0.3) is 0 Å². The van der Waals surface area contributed by atoms with Crippen LogP contribution in [-0.4, -0.2) is 36.8 Å². The van der Waals surface area contributed by atoms with Crippen molar-refractivity contribution in [2.75, 3.05) is 31.9 Å². The maximum atomic E-state index is 6.34. The summed E-state index contributed by atoms with van der Waals surface area (Å²) in [6.45, 7) is 11.9. The van der Waals surface area contributed by atoms with Crippen molar-refractivity contribution in [2.24, 2.45) is 0 Å². The van der Waals surface area contributed by atoms with Gasteiger partial charge in [0, 0.05) is 28.8 Å². The molecule has 114 valence electrons. The third-order valence-corrected chi connectivity index (χ3v) is 4.66. The van der Waals surface area contributed by atoms with Crippen molar-refractivity contribution >= 4 is 23.4 Å². The first-order valence-electron chi connectivity index (χ1n) is 7.55. The highest BCUT2D eigenvalue weighted by Crippen LogP contribution is 2.25. The normalized spacial score (nSPS) is 11.2. The van der Waals surface area contributed by atoms with E-state index in [2.05, 4.69) is 49.2 Å². The van der Waals surface area contributed by atoms with E-state index in [1.54, 1.807) is 0 Å². The highest BCUT2D eigenvalue weighted by Gasteiger charge is 2.04. The van der Waals surface area contributed by atoms with Crippen LogP contribution in [0.1, 0.15) is 32.8 Å². The first-order valence-corrected chi connectivity index (χ1v) is 8.91. The Morgan fingerprint density at radius 2 is 1.95 bits per heavy atom. The van der Waals surface area contributed by atoms with E-state index in [1.165, 1.54) is 10.5 Å². The summed E-state index contributed by atoms with van der Waals surface area (Å²) in [4.78, 5) is 3.71. The van der Waals surface area contributed by atoms with Crippen LogP contribution in [0.3, 0.4) is 0 Å². The fourth-order valence-electron chi connectivity index (χ4n) is 1.99. The van der Waals surface area contributed by atoms with Gasteiger partial charge in [0.15, 0.2) is 0 Å². The molecule has 0 atom stereocenters. The topological polar surface area (TPSA) is 15.3 Å². The van der Waals surface area contributed by atoms with E-state index in [1.807, 2.05) is 11.8 Å². The van der Waals surface area contributed by atoms with Crippen molar-refractivity contribution < 1.29 is 0 Å². The van der Waals surface area contributed by atoms with Crippen LogP contribution in [0.4, 0.5) is 0 Å². The molecule has 0 bridgehead atoms. The van der Waals surface area contributed by atoms with E-state index in [4.69, 9.17) is 11.6 Å². The third kappa shape index (κ3) is 6.49. The molecule has 0 radical (unpaired) electrons. The number of hydrogen-bond donors (Lipinski definition) is 1. The van der Waals surface area contributed by atoms with Gasteiger partial charge in [0.1, 0.15) is 0 Å². The molecule has 2 nitrogen and oxygen atoms in total. The highest BCUT2D eigenvalue weighted by molar-refractivity contribution is 7.99. The Morgan fingerprint density at radius 3 is 2.55 bits per heavy atom. The molecular formula is C16H27ClN2S. The van der Waals surface area contributed by atoms with Crippen molar-refractivity contribution in [1.29, 1.82) is 0 Å². The molecule has 1 aromatic rings. The summed E-state index contributed by atoms with van der Waals surface area (Å²) in [5, 5.41) is 4.26. The van der Waals surface area contributed by atoms with Crippen molar-refractivity contribution in [3.8, 4) is 0 Å². The van der Waals surface area contributed by atoms with Crippen molar-refractivity contribution in [1.82, 2.24) is 10.2 Å². The average Bonchev–Trinajstić information content (AvgIpc) is 2.46. The van der Waals surface area contributed by atoms with Crippen LogP contribution >= 0.6 is 23.4 Å². The molecule has 0 saturated heterocycles. The number of halogens is 1. The fourth-order valence-corrected chi connectivity index (χ4v) is 3.26. The average molecular weight is 315 g/mol. The molecule has 0 fully saturated rings. The molecule has 1 N–H and O–H groups in total. The predicted octanol–water partition coefficient (Wildman–Crippen LogP) is 4.27. The Balaban J connectivity index is 2.42. The van der Waals surface area contributed by atoms with Crippen LogP contribution in [0.5, 0.6) is 0 Å². The molecule has 0 spiro atoms. The van der Waals surface area contributed by atoms with Gasteiger partial charge in [0.25, 0.3) is 0 Å². The molecule has 0 unspecified atom stereocenters. The highest BCUT2D eigenvalue weighted by atomic mass is 35.5.